The number of carboxylic acids is 2. The Morgan fingerprint density at radius 2 is 0.906 bits per heavy atom. The third kappa shape index (κ3) is 10.8. The van der Waals surface area contributed by atoms with Crippen LogP contribution in [0.5, 0.6) is 46.0 Å². The highest BCUT2D eigenvalue weighted by Crippen LogP contribution is 2.51. The Labute approximate surface area is 369 Å². The van der Waals surface area contributed by atoms with Gasteiger partial charge in [-0.15, -0.1) is 0 Å². The highest BCUT2D eigenvalue weighted by molar-refractivity contribution is 5.84. The number of carboxylic acid groups (broad SMARTS) is 2. The van der Waals surface area contributed by atoms with Gasteiger partial charge in [0.1, 0.15) is 0 Å². The SMILES string of the molecule is CCOc1ccc2c(cc1=O)C(N)CCc1cc(OC)c(OC)c(OC)c1-2.CCOc1ccc2c(cc1=O)C(N)CCc1cc(OC)c(OC)c(OC)c1-2.O=C(O)C(O)C(O)C(=O)O. The monoisotopic (exact) mass is 892 g/mol. The summed E-state index contributed by atoms with van der Waals surface area (Å²) in [6.45, 7) is 4.53. The van der Waals surface area contributed by atoms with Crippen LogP contribution >= 0.6 is 0 Å². The Kier molecular flexibility index (Phi) is 17.7. The molecule has 18 heteroatoms. The molecule has 0 aromatic heterocycles. The molecule has 0 spiro atoms. The van der Waals surface area contributed by atoms with Crippen LogP contribution in [-0.2, 0) is 22.4 Å². The van der Waals surface area contributed by atoms with Crippen LogP contribution in [-0.4, -0.2) is 100 Å². The van der Waals surface area contributed by atoms with Crippen molar-refractivity contribution in [2.45, 2.75) is 63.8 Å². The number of aryl methyl sites for hydroxylation is 2. The van der Waals surface area contributed by atoms with Gasteiger partial charge in [0.15, 0.2) is 46.7 Å². The molecule has 18 nitrogen and oxygen atoms in total. The van der Waals surface area contributed by atoms with Crippen LogP contribution in [0.4, 0.5) is 0 Å². The van der Waals surface area contributed by atoms with Gasteiger partial charge in [0.05, 0.1) is 55.9 Å². The highest BCUT2D eigenvalue weighted by atomic mass is 16.5. The topological polar surface area (TPSA) is 275 Å². The van der Waals surface area contributed by atoms with E-state index in [1.807, 2.05) is 38.1 Å². The maximum Gasteiger partial charge on any atom is 0.335 e. The quantitative estimate of drug-likeness (QED) is 0.110. The zero-order valence-electron chi connectivity index (χ0n) is 37.0. The zero-order chi connectivity index (χ0) is 47.4. The molecule has 6 rings (SSSR count). The molecule has 2 aliphatic rings. The first-order valence-electron chi connectivity index (χ1n) is 20.2. The summed E-state index contributed by atoms with van der Waals surface area (Å²) < 4.78 is 44.4. The third-order valence-corrected chi connectivity index (χ3v) is 10.5. The predicted octanol–water partition coefficient (Wildman–Crippen LogP) is 4.05. The van der Waals surface area contributed by atoms with Gasteiger partial charge in [-0.3, -0.25) is 9.59 Å². The standard InChI is InChI=1S/2C21H25NO5.C4H6O6/c2*1-5-27-17-9-7-13-14(11-16(17)23)15(22)8-6-12-10-18(24-2)20(25-3)21(26-4)19(12)13;5-1(3(7)8)2(6)4(9)10/h2*7,9-11,15H,5-6,8,22H2,1-4H3;1-2,5-6H,(H,7,8)(H,9,10). The molecule has 2 aliphatic carbocycles. The summed E-state index contributed by atoms with van der Waals surface area (Å²) in [5, 5.41) is 32.5. The summed E-state index contributed by atoms with van der Waals surface area (Å²) >= 11 is 0. The lowest BCUT2D eigenvalue weighted by Crippen LogP contribution is -2.39. The van der Waals surface area contributed by atoms with Crippen LogP contribution in [0.2, 0.25) is 0 Å². The van der Waals surface area contributed by atoms with Gasteiger partial charge >= 0.3 is 11.9 Å². The lowest BCUT2D eigenvalue weighted by Gasteiger charge is -2.19. The first kappa shape index (κ1) is 50.0. The molecular formula is C46H56N2O16. The van der Waals surface area contributed by atoms with E-state index in [4.69, 9.17) is 69.8 Å². The molecule has 0 saturated carbocycles. The van der Waals surface area contributed by atoms with Crippen molar-refractivity contribution >= 4 is 11.9 Å². The molecule has 0 amide bonds. The minimum absolute atomic E-state index is 0.184. The fourth-order valence-corrected chi connectivity index (χ4v) is 7.48. The average Bonchev–Trinajstić information content (AvgIpc) is 3.67. The van der Waals surface area contributed by atoms with E-state index < -0.39 is 24.1 Å². The van der Waals surface area contributed by atoms with Crippen LogP contribution in [0, 0.1) is 0 Å². The number of hydrogen-bond acceptors (Lipinski definition) is 16. The highest BCUT2D eigenvalue weighted by Gasteiger charge is 2.31. The van der Waals surface area contributed by atoms with Crippen LogP contribution in [0.25, 0.3) is 22.3 Å². The van der Waals surface area contributed by atoms with Gasteiger partial charge in [-0.2, -0.15) is 0 Å². The van der Waals surface area contributed by atoms with Crippen molar-refractivity contribution in [2.75, 3.05) is 55.9 Å². The van der Waals surface area contributed by atoms with Crippen molar-refractivity contribution in [3.63, 3.8) is 0 Å². The second kappa shape index (κ2) is 22.7. The van der Waals surface area contributed by atoms with Gasteiger partial charge in [0.25, 0.3) is 0 Å². The Morgan fingerprint density at radius 1 is 0.562 bits per heavy atom. The molecule has 346 valence electrons. The molecule has 0 saturated heterocycles. The van der Waals surface area contributed by atoms with Crippen LogP contribution in [0.1, 0.15) is 61.0 Å². The molecule has 4 aromatic carbocycles. The Bertz CT molecular complexity index is 2270. The molecule has 0 fully saturated rings. The van der Waals surface area contributed by atoms with Crippen LogP contribution < -0.4 is 60.2 Å². The first-order chi connectivity index (χ1) is 30.6. The number of aliphatic hydroxyl groups excluding tert-OH is 2. The number of rotatable bonds is 13. The smallest absolute Gasteiger partial charge is 0.335 e. The van der Waals surface area contributed by atoms with E-state index in [1.54, 1.807) is 66.9 Å². The minimum atomic E-state index is -2.27. The van der Waals surface area contributed by atoms with Gasteiger partial charge in [0, 0.05) is 23.2 Å². The third-order valence-electron chi connectivity index (χ3n) is 10.5. The van der Waals surface area contributed by atoms with Crippen molar-refractivity contribution in [1.82, 2.24) is 0 Å². The molecule has 4 unspecified atom stereocenters. The number of carbonyl (C=O) groups is 2. The lowest BCUT2D eigenvalue weighted by molar-refractivity contribution is -0.165. The molecule has 64 heavy (non-hydrogen) atoms. The number of aliphatic hydroxyl groups is 2. The van der Waals surface area contributed by atoms with Gasteiger partial charge in [-0.1, -0.05) is 12.1 Å². The van der Waals surface area contributed by atoms with E-state index >= 15 is 0 Å². The number of hydrogen-bond donors (Lipinski definition) is 6. The second-order valence-corrected chi connectivity index (χ2v) is 14.2. The number of aliphatic carboxylic acids is 2. The molecule has 0 aliphatic heterocycles. The van der Waals surface area contributed by atoms with Gasteiger partial charge in [0.2, 0.25) is 22.4 Å². The van der Waals surface area contributed by atoms with Crippen molar-refractivity contribution < 1.29 is 67.9 Å². The lowest BCUT2D eigenvalue weighted by atomic mass is 9.95. The normalized spacial score (nSPS) is 15.3. The van der Waals surface area contributed by atoms with E-state index in [0.29, 0.717) is 72.1 Å². The fourth-order valence-electron chi connectivity index (χ4n) is 7.48. The van der Waals surface area contributed by atoms with E-state index in [1.165, 1.54) is 0 Å². The second-order valence-electron chi connectivity index (χ2n) is 14.2. The summed E-state index contributed by atoms with van der Waals surface area (Å²) in [6.07, 6.45) is -1.66. The maximum absolute atomic E-state index is 12.6. The number of benzene rings is 2. The van der Waals surface area contributed by atoms with Gasteiger partial charge in [-0.25, -0.2) is 9.59 Å². The zero-order valence-corrected chi connectivity index (χ0v) is 37.0. The fraction of sp³-hybridized carbons (Fsp3) is 0.391. The van der Waals surface area contributed by atoms with E-state index in [2.05, 4.69) is 0 Å². The first-order valence-corrected chi connectivity index (χ1v) is 20.2. The molecule has 0 bridgehead atoms. The summed E-state index contributed by atoms with van der Waals surface area (Å²) in [4.78, 5) is 44.7. The molecule has 0 heterocycles. The predicted molar refractivity (Wildman–Crippen MR) is 236 cm³/mol. The number of ether oxygens (including phenoxy) is 8. The van der Waals surface area contributed by atoms with E-state index in [9.17, 15) is 19.2 Å². The minimum Gasteiger partial charge on any atom is -0.493 e. The van der Waals surface area contributed by atoms with Crippen LogP contribution in [0.3, 0.4) is 0 Å². The molecule has 8 N–H and O–H groups in total. The van der Waals surface area contributed by atoms with Crippen molar-refractivity contribution in [2.24, 2.45) is 11.5 Å². The number of methoxy groups -OCH3 is 6. The largest absolute Gasteiger partial charge is 0.493 e. The Balaban J connectivity index is 0.000000232. The number of nitrogens with two attached hydrogens (primary N) is 2. The van der Waals surface area contributed by atoms with Crippen molar-refractivity contribution in [1.29, 1.82) is 0 Å². The van der Waals surface area contributed by atoms with Crippen molar-refractivity contribution in [3.8, 4) is 68.2 Å². The number of fused-ring (bicyclic) bond motifs is 6. The van der Waals surface area contributed by atoms with E-state index in [0.717, 1.165) is 57.3 Å². The summed E-state index contributed by atoms with van der Waals surface area (Å²) in [5.74, 6) is 0.438. The Hall–Kier alpha value is -6.60. The molecular weight excluding hydrogens is 837 g/mol. The summed E-state index contributed by atoms with van der Waals surface area (Å²) in [6, 6.07) is 13.7. The summed E-state index contributed by atoms with van der Waals surface area (Å²) in [5.41, 5.74) is 19.5. The van der Waals surface area contributed by atoms with Crippen molar-refractivity contribution in [3.05, 3.63) is 91.2 Å². The maximum atomic E-state index is 12.6. The van der Waals surface area contributed by atoms with Gasteiger partial charge in [-0.05, 0) is 109 Å². The van der Waals surface area contributed by atoms with E-state index in [-0.39, 0.29) is 22.9 Å². The summed E-state index contributed by atoms with van der Waals surface area (Å²) in [7, 11) is 9.52. The van der Waals surface area contributed by atoms with Crippen LogP contribution in [0.15, 0.2) is 58.1 Å². The Morgan fingerprint density at radius 3 is 1.19 bits per heavy atom. The molecule has 4 aromatic rings. The molecule has 4 atom stereocenters. The molecule has 0 radical (unpaired) electrons. The van der Waals surface area contributed by atoms with Gasteiger partial charge < -0.3 is 69.8 Å². The average molecular weight is 893 g/mol.